The summed E-state index contributed by atoms with van der Waals surface area (Å²) < 4.78 is 0. The topological polar surface area (TPSA) is 49.5 Å². The highest BCUT2D eigenvalue weighted by Gasteiger charge is 2.25. The molecule has 0 bridgehead atoms. The van der Waals surface area contributed by atoms with Gasteiger partial charge in [-0.05, 0) is 26.3 Å². The highest BCUT2D eigenvalue weighted by atomic mass is 32.1. The highest BCUT2D eigenvalue weighted by Crippen LogP contribution is 2.16. The second kappa shape index (κ2) is 4.16. The van der Waals surface area contributed by atoms with E-state index in [2.05, 4.69) is 4.90 Å². The predicted molar refractivity (Wildman–Crippen MR) is 53.1 cm³/mol. The maximum atomic E-state index is 9.54. The first kappa shape index (κ1) is 9.89. The zero-order chi connectivity index (χ0) is 9.14. The highest BCUT2D eigenvalue weighted by molar-refractivity contribution is 7.80. The van der Waals surface area contributed by atoms with Gasteiger partial charge in [-0.3, -0.25) is 4.90 Å². The quantitative estimate of drug-likeness (QED) is 0.604. The van der Waals surface area contributed by atoms with Gasteiger partial charge in [-0.2, -0.15) is 0 Å². The molecule has 2 unspecified atom stereocenters. The largest absolute Gasteiger partial charge is 0.392 e. The van der Waals surface area contributed by atoms with Crippen molar-refractivity contribution in [3.8, 4) is 0 Å². The molecule has 0 aliphatic carbocycles. The lowest BCUT2D eigenvalue weighted by Crippen LogP contribution is -2.49. The fourth-order valence-corrected chi connectivity index (χ4v) is 1.78. The van der Waals surface area contributed by atoms with Crippen LogP contribution in [0.4, 0.5) is 0 Å². The first-order valence-corrected chi connectivity index (χ1v) is 4.72. The Balaban J connectivity index is 2.46. The van der Waals surface area contributed by atoms with E-state index in [-0.39, 0.29) is 12.1 Å². The summed E-state index contributed by atoms with van der Waals surface area (Å²) in [5.74, 6) is 0. The van der Waals surface area contributed by atoms with Gasteiger partial charge in [0.2, 0.25) is 0 Å². The van der Waals surface area contributed by atoms with Crippen molar-refractivity contribution < 1.29 is 5.11 Å². The van der Waals surface area contributed by atoms with Gasteiger partial charge >= 0.3 is 0 Å². The van der Waals surface area contributed by atoms with E-state index in [0.29, 0.717) is 11.5 Å². The van der Waals surface area contributed by atoms with E-state index in [0.717, 1.165) is 19.4 Å². The molecular formula is C8H16N2OS. The normalized spacial score (nSPS) is 31.8. The number of rotatable bonds is 2. The summed E-state index contributed by atoms with van der Waals surface area (Å²) in [5, 5.41) is 9.54. The molecule has 1 saturated heterocycles. The third-order valence-electron chi connectivity index (χ3n) is 2.44. The van der Waals surface area contributed by atoms with Crippen molar-refractivity contribution >= 4 is 17.2 Å². The van der Waals surface area contributed by atoms with Gasteiger partial charge in [0.25, 0.3) is 0 Å². The molecule has 2 atom stereocenters. The molecule has 1 rings (SSSR count). The Morgan fingerprint density at radius 1 is 1.75 bits per heavy atom. The maximum Gasteiger partial charge on any atom is 0.0870 e. The average Bonchev–Trinajstić information content (AvgIpc) is 1.98. The molecule has 1 heterocycles. The molecule has 1 aliphatic rings. The van der Waals surface area contributed by atoms with Gasteiger partial charge in [0.1, 0.15) is 0 Å². The number of likely N-dealkylation sites (tertiary alicyclic amines) is 1. The number of nitrogens with zero attached hydrogens (tertiary/aromatic N) is 1. The lowest BCUT2D eigenvalue weighted by atomic mass is 10.0. The molecule has 0 saturated carbocycles. The number of hydrogen-bond acceptors (Lipinski definition) is 3. The van der Waals surface area contributed by atoms with Crippen LogP contribution in [-0.4, -0.2) is 40.2 Å². The molecule has 1 fully saturated rings. The number of aliphatic hydroxyl groups excluding tert-OH is 1. The Bertz CT molecular complexity index is 174. The molecule has 0 aromatic carbocycles. The molecule has 12 heavy (non-hydrogen) atoms. The molecule has 1 aliphatic heterocycles. The minimum absolute atomic E-state index is 0.195. The molecular weight excluding hydrogens is 172 g/mol. The number of thiocarbonyl (C=S) groups is 1. The van der Waals surface area contributed by atoms with Gasteiger partial charge < -0.3 is 10.8 Å². The van der Waals surface area contributed by atoms with Gasteiger partial charge in [0, 0.05) is 12.6 Å². The fraction of sp³-hybridized carbons (Fsp3) is 0.875. The van der Waals surface area contributed by atoms with E-state index < -0.39 is 0 Å². The lowest BCUT2D eigenvalue weighted by Gasteiger charge is -2.36. The number of aliphatic hydroxyl groups is 1. The summed E-state index contributed by atoms with van der Waals surface area (Å²) >= 11 is 4.82. The SMILES string of the molecule is CC1C(O)CCCN1CC(N)=S. The summed E-state index contributed by atoms with van der Waals surface area (Å²) in [7, 11) is 0. The summed E-state index contributed by atoms with van der Waals surface area (Å²) in [5.41, 5.74) is 5.44. The second-order valence-corrected chi connectivity index (χ2v) is 3.91. The second-order valence-electron chi connectivity index (χ2n) is 3.39. The van der Waals surface area contributed by atoms with Crippen LogP contribution >= 0.6 is 12.2 Å². The third-order valence-corrected chi connectivity index (χ3v) is 2.57. The van der Waals surface area contributed by atoms with Gasteiger partial charge in [-0.15, -0.1) is 0 Å². The van der Waals surface area contributed by atoms with Crippen molar-refractivity contribution in [3.05, 3.63) is 0 Å². The van der Waals surface area contributed by atoms with Crippen molar-refractivity contribution in [2.45, 2.75) is 31.9 Å². The minimum Gasteiger partial charge on any atom is -0.392 e. The van der Waals surface area contributed by atoms with Crippen LogP contribution in [-0.2, 0) is 0 Å². The van der Waals surface area contributed by atoms with Gasteiger partial charge in [-0.25, -0.2) is 0 Å². The molecule has 3 N–H and O–H groups in total. The summed E-state index contributed by atoms with van der Waals surface area (Å²) in [6, 6.07) is 0.195. The van der Waals surface area contributed by atoms with E-state index in [4.69, 9.17) is 18.0 Å². The summed E-state index contributed by atoms with van der Waals surface area (Å²) in [4.78, 5) is 2.65. The lowest BCUT2D eigenvalue weighted by molar-refractivity contribution is 0.0286. The van der Waals surface area contributed by atoms with E-state index in [1.54, 1.807) is 0 Å². The molecule has 3 nitrogen and oxygen atoms in total. The molecule has 0 spiro atoms. The summed E-state index contributed by atoms with van der Waals surface area (Å²) in [6.45, 7) is 3.64. The number of piperidine rings is 1. The van der Waals surface area contributed by atoms with Crippen LogP contribution in [0.1, 0.15) is 19.8 Å². The van der Waals surface area contributed by atoms with Gasteiger partial charge in [-0.1, -0.05) is 12.2 Å². The molecule has 4 heteroatoms. The van der Waals surface area contributed by atoms with Crippen molar-refractivity contribution in [3.63, 3.8) is 0 Å². The molecule has 0 radical (unpaired) electrons. The van der Waals surface area contributed by atoms with Crippen LogP contribution in [0.5, 0.6) is 0 Å². The average molecular weight is 188 g/mol. The van der Waals surface area contributed by atoms with Crippen LogP contribution in [0.15, 0.2) is 0 Å². The van der Waals surface area contributed by atoms with Crippen molar-refractivity contribution in [1.82, 2.24) is 4.90 Å². The van der Waals surface area contributed by atoms with E-state index >= 15 is 0 Å². The Morgan fingerprint density at radius 2 is 2.42 bits per heavy atom. The van der Waals surface area contributed by atoms with Crippen LogP contribution in [0.25, 0.3) is 0 Å². The van der Waals surface area contributed by atoms with Crippen molar-refractivity contribution in [2.75, 3.05) is 13.1 Å². The van der Waals surface area contributed by atoms with Crippen LogP contribution in [0, 0.1) is 0 Å². The summed E-state index contributed by atoms with van der Waals surface area (Å²) in [6.07, 6.45) is 1.72. The molecule has 70 valence electrons. The van der Waals surface area contributed by atoms with Gasteiger partial charge in [0.15, 0.2) is 0 Å². The van der Waals surface area contributed by atoms with E-state index in [1.807, 2.05) is 6.92 Å². The van der Waals surface area contributed by atoms with Crippen molar-refractivity contribution in [1.29, 1.82) is 0 Å². The molecule has 0 aromatic rings. The smallest absolute Gasteiger partial charge is 0.0870 e. The van der Waals surface area contributed by atoms with Crippen LogP contribution < -0.4 is 5.73 Å². The Morgan fingerprint density at radius 3 is 3.00 bits per heavy atom. The van der Waals surface area contributed by atoms with E-state index in [9.17, 15) is 5.11 Å². The van der Waals surface area contributed by atoms with Crippen molar-refractivity contribution in [2.24, 2.45) is 5.73 Å². The predicted octanol–water partition coefficient (Wildman–Crippen LogP) is 0.118. The number of hydrogen-bond donors (Lipinski definition) is 2. The Labute approximate surface area is 78.5 Å². The maximum absolute atomic E-state index is 9.54. The Kier molecular flexibility index (Phi) is 3.43. The van der Waals surface area contributed by atoms with E-state index in [1.165, 1.54) is 0 Å². The zero-order valence-corrected chi connectivity index (χ0v) is 8.18. The number of nitrogens with two attached hydrogens (primary N) is 1. The van der Waals surface area contributed by atoms with Crippen LogP contribution in [0.3, 0.4) is 0 Å². The molecule has 0 amide bonds. The standard InChI is InChI=1S/C8H16N2OS/c1-6-7(11)3-2-4-10(6)5-8(9)12/h6-7,11H,2-5H2,1H3,(H2,9,12). The zero-order valence-electron chi connectivity index (χ0n) is 7.36. The third kappa shape index (κ3) is 2.40. The van der Waals surface area contributed by atoms with Crippen LogP contribution in [0.2, 0.25) is 0 Å². The fourth-order valence-electron chi connectivity index (χ4n) is 1.61. The van der Waals surface area contributed by atoms with Gasteiger partial charge in [0.05, 0.1) is 11.1 Å². The molecule has 0 aromatic heterocycles. The monoisotopic (exact) mass is 188 g/mol. The minimum atomic E-state index is -0.215. The first-order valence-electron chi connectivity index (χ1n) is 4.31. The Hall–Kier alpha value is -0.190. The first-order chi connectivity index (χ1) is 5.61.